The van der Waals surface area contributed by atoms with E-state index in [0.717, 1.165) is 55.4 Å². The zero-order valence-electron chi connectivity index (χ0n) is 13.1. The van der Waals surface area contributed by atoms with E-state index in [2.05, 4.69) is 14.8 Å². The van der Waals surface area contributed by atoms with Crippen LogP contribution in [0.25, 0.3) is 11.0 Å². The molecular formula is C16H22N4O2. The predicted molar refractivity (Wildman–Crippen MR) is 85.7 cm³/mol. The molecule has 0 bridgehead atoms. The lowest BCUT2D eigenvalue weighted by Gasteiger charge is -2.26. The molecule has 0 saturated carbocycles. The molecule has 118 valence electrons. The van der Waals surface area contributed by atoms with E-state index in [4.69, 9.17) is 9.72 Å². The summed E-state index contributed by atoms with van der Waals surface area (Å²) in [6, 6.07) is 5.87. The van der Waals surface area contributed by atoms with E-state index in [9.17, 15) is 4.79 Å². The number of morpholine rings is 1. The van der Waals surface area contributed by atoms with Gasteiger partial charge in [-0.2, -0.15) is 0 Å². The lowest BCUT2D eigenvalue weighted by Crippen LogP contribution is -2.36. The fourth-order valence-corrected chi connectivity index (χ4v) is 2.68. The molecule has 22 heavy (non-hydrogen) atoms. The molecule has 1 aliphatic heterocycles. The van der Waals surface area contributed by atoms with E-state index in [1.165, 1.54) is 0 Å². The Morgan fingerprint density at radius 2 is 2.14 bits per heavy atom. The van der Waals surface area contributed by atoms with Crippen LogP contribution in [0.4, 0.5) is 5.69 Å². The predicted octanol–water partition coefficient (Wildman–Crippen LogP) is 1.75. The van der Waals surface area contributed by atoms with Crippen LogP contribution in [-0.4, -0.2) is 46.7 Å². The number of anilines is 1. The highest BCUT2D eigenvalue weighted by Gasteiger charge is 2.15. The molecule has 0 radical (unpaired) electrons. The normalized spacial score (nSPS) is 16.1. The van der Waals surface area contributed by atoms with Crippen molar-refractivity contribution < 1.29 is 9.53 Å². The Bertz CT molecular complexity index is 674. The molecule has 6 heteroatoms. The van der Waals surface area contributed by atoms with Gasteiger partial charge in [0.15, 0.2) is 0 Å². The Labute approximate surface area is 130 Å². The van der Waals surface area contributed by atoms with Gasteiger partial charge in [-0.1, -0.05) is 6.92 Å². The number of hydrogen-bond acceptors (Lipinski definition) is 4. The smallest absolute Gasteiger partial charge is 0.224 e. The summed E-state index contributed by atoms with van der Waals surface area (Å²) in [6.45, 7) is 6.14. The Morgan fingerprint density at radius 1 is 1.36 bits per heavy atom. The third-order valence-corrected chi connectivity index (χ3v) is 4.05. The average Bonchev–Trinajstić information content (AvgIpc) is 2.84. The third-order valence-electron chi connectivity index (χ3n) is 4.05. The van der Waals surface area contributed by atoms with Gasteiger partial charge in [-0.05, 0) is 18.2 Å². The van der Waals surface area contributed by atoms with Crippen molar-refractivity contribution in [2.24, 2.45) is 7.05 Å². The summed E-state index contributed by atoms with van der Waals surface area (Å²) >= 11 is 0. The molecule has 0 aliphatic carbocycles. The minimum Gasteiger partial charge on any atom is -0.379 e. The fraction of sp³-hybridized carbons (Fsp3) is 0.500. The van der Waals surface area contributed by atoms with Gasteiger partial charge in [0, 0.05) is 32.2 Å². The van der Waals surface area contributed by atoms with Gasteiger partial charge < -0.3 is 14.6 Å². The second-order valence-corrected chi connectivity index (χ2v) is 5.58. The van der Waals surface area contributed by atoms with Crippen LogP contribution in [0, 0.1) is 0 Å². The van der Waals surface area contributed by atoms with Crippen LogP contribution in [0.5, 0.6) is 0 Å². The number of hydrogen-bond donors (Lipinski definition) is 1. The molecule has 2 heterocycles. The molecule has 1 N–H and O–H groups in total. The summed E-state index contributed by atoms with van der Waals surface area (Å²) < 4.78 is 7.50. The fourth-order valence-electron chi connectivity index (χ4n) is 2.68. The number of rotatable bonds is 4. The Balaban J connectivity index is 1.82. The minimum atomic E-state index is 0.0174. The Kier molecular flexibility index (Phi) is 4.40. The lowest BCUT2D eigenvalue weighted by molar-refractivity contribution is -0.115. The highest BCUT2D eigenvalue weighted by Crippen LogP contribution is 2.20. The largest absolute Gasteiger partial charge is 0.379 e. The number of amides is 1. The summed E-state index contributed by atoms with van der Waals surface area (Å²) in [6.07, 6.45) is 0.475. The Morgan fingerprint density at radius 3 is 2.86 bits per heavy atom. The van der Waals surface area contributed by atoms with Crippen molar-refractivity contribution in [2.75, 3.05) is 31.6 Å². The number of aryl methyl sites for hydroxylation is 1. The zero-order valence-corrected chi connectivity index (χ0v) is 13.1. The van der Waals surface area contributed by atoms with E-state index in [1.807, 2.05) is 32.2 Å². The second kappa shape index (κ2) is 6.46. The van der Waals surface area contributed by atoms with Crippen molar-refractivity contribution in [3.63, 3.8) is 0 Å². The summed E-state index contributed by atoms with van der Waals surface area (Å²) in [5.74, 6) is 1.06. The van der Waals surface area contributed by atoms with E-state index >= 15 is 0 Å². The van der Waals surface area contributed by atoms with Crippen molar-refractivity contribution in [1.29, 1.82) is 0 Å². The number of nitrogens with zero attached hydrogens (tertiary/aromatic N) is 3. The van der Waals surface area contributed by atoms with Crippen LogP contribution in [0.2, 0.25) is 0 Å². The van der Waals surface area contributed by atoms with Crippen LogP contribution in [0.3, 0.4) is 0 Å². The molecule has 2 aromatic rings. The first kappa shape index (κ1) is 15.0. The van der Waals surface area contributed by atoms with Crippen molar-refractivity contribution >= 4 is 22.6 Å². The number of nitrogens with one attached hydrogen (secondary N) is 1. The van der Waals surface area contributed by atoms with Gasteiger partial charge in [0.1, 0.15) is 5.82 Å². The first-order valence-corrected chi connectivity index (χ1v) is 7.72. The number of carbonyl (C=O) groups is 1. The second-order valence-electron chi connectivity index (χ2n) is 5.58. The van der Waals surface area contributed by atoms with Crippen LogP contribution < -0.4 is 5.32 Å². The quantitative estimate of drug-likeness (QED) is 0.935. The first-order chi connectivity index (χ1) is 10.7. The molecule has 1 fully saturated rings. The number of imidazole rings is 1. The van der Waals surface area contributed by atoms with Crippen molar-refractivity contribution in [3.8, 4) is 0 Å². The van der Waals surface area contributed by atoms with E-state index in [-0.39, 0.29) is 5.91 Å². The topological polar surface area (TPSA) is 59.4 Å². The molecule has 1 aromatic carbocycles. The van der Waals surface area contributed by atoms with Crippen LogP contribution in [0.15, 0.2) is 18.2 Å². The molecule has 1 aliphatic rings. The monoisotopic (exact) mass is 302 g/mol. The first-order valence-electron chi connectivity index (χ1n) is 7.72. The van der Waals surface area contributed by atoms with E-state index in [1.54, 1.807) is 0 Å². The lowest BCUT2D eigenvalue weighted by atomic mass is 10.2. The molecule has 1 saturated heterocycles. The van der Waals surface area contributed by atoms with Gasteiger partial charge in [0.2, 0.25) is 5.91 Å². The number of benzene rings is 1. The van der Waals surface area contributed by atoms with Crippen molar-refractivity contribution in [1.82, 2.24) is 14.5 Å². The molecule has 0 unspecified atom stereocenters. The maximum absolute atomic E-state index is 11.5. The van der Waals surface area contributed by atoms with Crippen LogP contribution in [-0.2, 0) is 23.1 Å². The van der Waals surface area contributed by atoms with Gasteiger partial charge in [0.05, 0.1) is 30.8 Å². The summed E-state index contributed by atoms with van der Waals surface area (Å²) in [5.41, 5.74) is 2.80. The third kappa shape index (κ3) is 3.13. The van der Waals surface area contributed by atoms with Gasteiger partial charge in [0.25, 0.3) is 0 Å². The summed E-state index contributed by atoms with van der Waals surface area (Å²) in [5, 5.41) is 2.88. The van der Waals surface area contributed by atoms with Crippen molar-refractivity contribution in [2.45, 2.75) is 19.9 Å². The summed E-state index contributed by atoms with van der Waals surface area (Å²) in [7, 11) is 2.04. The van der Waals surface area contributed by atoms with Crippen LogP contribution in [0.1, 0.15) is 19.2 Å². The van der Waals surface area contributed by atoms with Gasteiger partial charge in [-0.3, -0.25) is 9.69 Å². The van der Waals surface area contributed by atoms with Gasteiger partial charge in [-0.15, -0.1) is 0 Å². The molecule has 3 rings (SSSR count). The standard InChI is InChI=1S/C16H22N4O2/c1-3-16(21)17-12-4-5-14-13(10-12)18-15(19(14)2)11-20-6-8-22-9-7-20/h4-5,10H,3,6-9,11H2,1-2H3,(H,17,21). The number of aromatic nitrogens is 2. The van der Waals surface area contributed by atoms with Gasteiger partial charge >= 0.3 is 0 Å². The van der Waals surface area contributed by atoms with Gasteiger partial charge in [-0.25, -0.2) is 4.98 Å². The Hall–Kier alpha value is -1.92. The van der Waals surface area contributed by atoms with E-state index < -0.39 is 0 Å². The number of ether oxygens (including phenoxy) is 1. The zero-order chi connectivity index (χ0) is 15.5. The maximum Gasteiger partial charge on any atom is 0.224 e. The van der Waals surface area contributed by atoms with Crippen LogP contribution >= 0.6 is 0 Å². The molecular weight excluding hydrogens is 280 g/mol. The van der Waals surface area contributed by atoms with Crippen molar-refractivity contribution in [3.05, 3.63) is 24.0 Å². The maximum atomic E-state index is 11.5. The average molecular weight is 302 g/mol. The molecule has 0 atom stereocenters. The minimum absolute atomic E-state index is 0.0174. The SMILES string of the molecule is CCC(=O)Nc1ccc2c(c1)nc(CN1CCOCC1)n2C. The number of fused-ring (bicyclic) bond motifs is 1. The molecule has 0 spiro atoms. The van der Waals surface area contributed by atoms with E-state index in [0.29, 0.717) is 6.42 Å². The molecule has 1 aromatic heterocycles. The number of carbonyl (C=O) groups excluding carboxylic acids is 1. The highest BCUT2D eigenvalue weighted by molar-refractivity contribution is 5.92. The molecule has 6 nitrogen and oxygen atoms in total. The highest BCUT2D eigenvalue weighted by atomic mass is 16.5. The summed E-state index contributed by atoms with van der Waals surface area (Å²) in [4.78, 5) is 18.6. The molecule has 1 amide bonds.